The molecule has 1 aliphatic rings. The second-order valence-corrected chi connectivity index (χ2v) is 6.26. The molecular formula is C19H24N2. The van der Waals surface area contributed by atoms with E-state index in [1.807, 2.05) is 0 Å². The lowest BCUT2D eigenvalue weighted by Gasteiger charge is -2.26. The van der Waals surface area contributed by atoms with Gasteiger partial charge in [0.15, 0.2) is 0 Å². The van der Waals surface area contributed by atoms with E-state index in [1.165, 1.54) is 36.1 Å². The maximum absolute atomic E-state index is 6.44. The Kier molecular flexibility index (Phi) is 3.98. The molecule has 0 amide bonds. The lowest BCUT2D eigenvalue weighted by Crippen LogP contribution is -2.14. The third-order valence-electron chi connectivity index (χ3n) is 4.62. The van der Waals surface area contributed by atoms with E-state index in [0.717, 1.165) is 11.5 Å². The van der Waals surface area contributed by atoms with Crippen molar-refractivity contribution in [2.45, 2.75) is 31.2 Å². The van der Waals surface area contributed by atoms with Gasteiger partial charge in [-0.1, -0.05) is 42.8 Å². The molecule has 0 bridgehead atoms. The van der Waals surface area contributed by atoms with Crippen molar-refractivity contribution in [2.24, 2.45) is 5.73 Å². The van der Waals surface area contributed by atoms with Gasteiger partial charge in [0.25, 0.3) is 0 Å². The molecule has 2 N–H and O–H groups in total. The molecule has 1 atom stereocenters. The van der Waals surface area contributed by atoms with Gasteiger partial charge >= 0.3 is 0 Å². The number of hydrogen-bond donors (Lipinski definition) is 1. The van der Waals surface area contributed by atoms with Crippen LogP contribution in [0.3, 0.4) is 0 Å². The molecule has 110 valence electrons. The van der Waals surface area contributed by atoms with Gasteiger partial charge in [0.05, 0.1) is 6.04 Å². The van der Waals surface area contributed by atoms with Gasteiger partial charge < -0.3 is 10.6 Å². The molecule has 0 radical (unpaired) electrons. The lowest BCUT2D eigenvalue weighted by molar-refractivity contribution is 0.419. The summed E-state index contributed by atoms with van der Waals surface area (Å²) in [6.07, 6.45) is 4.07. The highest BCUT2D eigenvalue weighted by atomic mass is 15.1. The topological polar surface area (TPSA) is 29.3 Å². The Balaban J connectivity index is 1.80. The van der Waals surface area contributed by atoms with Gasteiger partial charge in [-0.3, -0.25) is 0 Å². The van der Waals surface area contributed by atoms with E-state index in [1.54, 1.807) is 0 Å². The van der Waals surface area contributed by atoms with Crippen molar-refractivity contribution in [1.82, 2.24) is 0 Å². The Morgan fingerprint density at radius 2 is 1.71 bits per heavy atom. The Bertz CT molecular complexity index is 597. The van der Waals surface area contributed by atoms with Crippen LogP contribution in [-0.2, 0) is 0 Å². The van der Waals surface area contributed by atoms with Crippen LogP contribution in [0.1, 0.15) is 47.9 Å². The number of anilines is 1. The number of hydrogen-bond acceptors (Lipinski definition) is 2. The maximum atomic E-state index is 6.44. The molecule has 2 aromatic rings. The number of nitrogens with two attached hydrogens (primary N) is 1. The van der Waals surface area contributed by atoms with Gasteiger partial charge in [0.2, 0.25) is 0 Å². The summed E-state index contributed by atoms with van der Waals surface area (Å²) in [6, 6.07) is 17.3. The van der Waals surface area contributed by atoms with Crippen LogP contribution in [0.5, 0.6) is 0 Å². The van der Waals surface area contributed by atoms with E-state index in [2.05, 4.69) is 67.5 Å². The maximum Gasteiger partial charge on any atom is 0.0552 e. The van der Waals surface area contributed by atoms with Gasteiger partial charge in [-0.15, -0.1) is 0 Å². The fourth-order valence-electron chi connectivity index (χ4n) is 2.91. The molecule has 0 spiro atoms. The summed E-state index contributed by atoms with van der Waals surface area (Å²) in [5, 5.41) is 0. The highest BCUT2D eigenvalue weighted by Gasteiger charge is 2.19. The summed E-state index contributed by atoms with van der Waals surface area (Å²) in [5.74, 6) is 0.785. The molecule has 0 aromatic heterocycles. The zero-order valence-electron chi connectivity index (χ0n) is 12.9. The molecule has 1 fully saturated rings. The minimum Gasteiger partial charge on any atom is -0.378 e. The molecule has 1 unspecified atom stereocenters. The first kappa shape index (κ1) is 14.2. The molecule has 1 saturated carbocycles. The molecule has 21 heavy (non-hydrogen) atoms. The Hall–Kier alpha value is -1.80. The van der Waals surface area contributed by atoms with E-state index in [4.69, 9.17) is 5.73 Å². The van der Waals surface area contributed by atoms with Crippen molar-refractivity contribution in [3.63, 3.8) is 0 Å². The first-order chi connectivity index (χ1) is 10.1. The summed E-state index contributed by atoms with van der Waals surface area (Å²) < 4.78 is 0. The van der Waals surface area contributed by atoms with Crippen LogP contribution in [-0.4, -0.2) is 14.1 Å². The number of benzene rings is 2. The van der Waals surface area contributed by atoms with Crippen LogP contribution < -0.4 is 10.6 Å². The first-order valence-electron chi connectivity index (χ1n) is 7.78. The summed E-state index contributed by atoms with van der Waals surface area (Å²) in [4.78, 5) is 2.11. The largest absolute Gasteiger partial charge is 0.378 e. The van der Waals surface area contributed by atoms with Crippen LogP contribution in [0, 0.1) is 0 Å². The molecule has 0 saturated heterocycles. The van der Waals surface area contributed by atoms with E-state index < -0.39 is 0 Å². The molecule has 1 aliphatic carbocycles. The highest BCUT2D eigenvalue weighted by molar-refractivity contribution is 5.49. The van der Waals surface area contributed by atoms with Crippen molar-refractivity contribution in [3.05, 3.63) is 65.2 Å². The third-order valence-corrected chi connectivity index (χ3v) is 4.62. The van der Waals surface area contributed by atoms with Gasteiger partial charge in [0, 0.05) is 19.8 Å². The van der Waals surface area contributed by atoms with Crippen molar-refractivity contribution in [3.8, 4) is 0 Å². The molecule has 0 aliphatic heterocycles. The van der Waals surface area contributed by atoms with E-state index in [9.17, 15) is 0 Å². The fourth-order valence-corrected chi connectivity index (χ4v) is 2.91. The summed E-state index contributed by atoms with van der Waals surface area (Å²) >= 11 is 0. The quantitative estimate of drug-likeness (QED) is 0.914. The number of rotatable bonds is 4. The minimum absolute atomic E-state index is 0.0552. The van der Waals surface area contributed by atoms with Crippen molar-refractivity contribution in [1.29, 1.82) is 0 Å². The van der Waals surface area contributed by atoms with Crippen molar-refractivity contribution in [2.75, 3.05) is 19.0 Å². The zero-order chi connectivity index (χ0) is 14.8. The summed E-state index contributed by atoms with van der Waals surface area (Å²) in [6.45, 7) is 0. The normalized spacial score (nSPS) is 16.3. The highest BCUT2D eigenvalue weighted by Crippen LogP contribution is 2.36. The van der Waals surface area contributed by atoms with Gasteiger partial charge in [0.1, 0.15) is 0 Å². The molecular weight excluding hydrogens is 256 g/mol. The Labute approximate surface area is 127 Å². The smallest absolute Gasteiger partial charge is 0.0552 e. The van der Waals surface area contributed by atoms with Crippen LogP contribution in [0.25, 0.3) is 0 Å². The van der Waals surface area contributed by atoms with E-state index >= 15 is 0 Å². The second kappa shape index (κ2) is 5.90. The summed E-state index contributed by atoms with van der Waals surface area (Å²) in [7, 11) is 4.11. The predicted octanol–water partition coefficient (Wildman–Crippen LogP) is 4.07. The Morgan fingerprint density at radius 3 is 2.29 bits per heavy atom. The minimum atomic E-state index is -0.0552. The van der Waals surface area contributed by atoms with Crippen LogP contribution in [0.4, 0.5) is 5.69 Å². The van der Waals surface area contributed by atoms with Crippen molar-refractivity contribution >= 4 is 5.69 Å². The number of nitrogens with zero attached hydrogens (tertiary/aromatic N) is 1. The van der Waals surface area contributed by atoms with Gasteiger partial charge in [-0.05, 0) is 47.6 Å². The standard InChI is InChI=1S/C19H24N2/c1-21(2)18-8-4-7-17(13-18)19(20)16-11-9-15(10-12-16)14-5-3-6-14/h4,7-14,19H,3,5-6,20H2,1-2H3. The monoisotopic (exact) mass is 280 g/mol. The van der Waals surface area contributed by atoms with Gasteiger partial charge in [-0.2, -0.15) is 0 Å². The zero-order valence-corrected chi connectivity index (χ0v) is 12.9. The SMILES string of the molecule is CN(C)c1cccc(C(N)c2ccc(C3CCC3)cc2)c1. The van der Waals surface area contributed by atoms with Gasteiger partial charge in [-0.25, -0.2) is 0 Å². The van der Waals surface area contributed by atoms with Crippen LogP contribution in [0.15, 0.2) is 48.5 Å². The summed E-state index contributed by atoms with van der Waals surface area (Å²) in [5.41, 5.74) is 11.5. The van der Waals surface area contributed by atoms with Crippen LogP contribution >= 0.6 is 0 Å². The van der Waals surface area contributed by atoms with E-state index in [-0.39, 0.29) is 6.04 Å². The average Bonchev–Trinajstić information content (AvgIpc) is 2.46. The van der Waals surface area contributed by atoms with Crippen LogP contribution in [0.2, 0.25) is 0 Å². The molecule has 2 aromatic carbocycles. The molecule has 2 nitrogen and oxygen atoms in total. The predicted molar refractivity (Wildman–Crippen MR) is 89.8 cm³/mol. The first-order valence-corrected chi connectivity index (χ1v) is 7.78. The van der Waals surface area contributed by atoms with Crippen molar-refractivity contribution < 1.29 is 0 Å². The lowest BCUT2D eigenvalue weighted by atomic mass is 9.79. The van der Waals surface area contributed by atoms with E-state index in [0.29, 0.717) is 0 Å². The fraction of sp³-hybridized carbons (Fsp3) is 0.368. The molecule has 3 rings (SSSR count). The second-order valence-electron chi connectivity index (χ2n) is 6.26. The molecule has 2 heteroatoms. The average molecular weight is 280 g/mol. The Morgan fingerprint density at radius 1 is 1.00 bits per heavy atom. The molecule has 0 heterocycles. The third kappa shape index (κ3) is 2.96.